The first kappa shape index (κ1) is 20.3. The lowest BCUT2D eigenvalue weighted by molar-refractivity contribution is -0.137. The lowest BCUT2D eigenvalue weighted by Crippen LogP contribution is -2.39. The van der Waals surface area contributed by atoms with Crippen molar-refractivity contribution in [2.45, 2.75) is 39.3 Å². The number of rotatable bonds is 5. The molecule has 1 saturated heterocycles. The molecule has 0 radical (unpaired) electrons. The summed E-state index contributed by atoms with van der Waals surface area (Å²) in [6, 6.07) is 5.10. The highest BCUT2D eigenvalue weighted by Crippen LogP contribution is 2.37. The molecule has 2 rings (SSSR count). The minimum absolute atomic E-state index is 0.0863. The van der Waals surface area contributed by atoms with Crippen LogP contribution in [-0.4, -0.2) is 47.8 Å². The van der Waals surface area contributed by atoms with Gasteiger partial charge < -0.3 is 9.80 Å². The van der Waals surface area contributed by atoms with E-state index in [0.717, 1.165) is 12.1 Å². The summed E-state index contributed by atoms with van der Waals surface area (Å²) >= 11 is 0. The molecule has 26 heavy (non-hydrogen) atoms. The molecule has 0 unspecified atom stereocenters. The Morgan fingerprint density at radius 2 is 1.81 bits per heavy atom. The third-order valence-electron chi connectivity index (χ3n) is 5.01. The zero-order valence-corrected chi connectivity index (χ0v) is 15.3. The van der Waals surface area contributed by atoms with Crippen LogP contribution in [0.15, 0.2) is 24.3 Å². The number of hydrogen-bond acceptors (Lipinski definition) is 2. The summed E-state index contributed by atoms with van der Waals surface area (Å²) in [7, 11) is 0. The predicted molar refractivity (Wildman–Crippen MR) is 92.5 cm³/mol. The van der Waals surface area contributed by atoms with Gasteiger partial charge in [-0.25, -0.2) is 0 Å². The summed E-state index contributed by atoms with van der Waals surface area (Å²) in [6.45, 7) is 7.05. The average molecular weight is 370 g/mol. The molecule has 2 atom stereocenters. The van der Waals surface area contributed by atoms with Gasteiger partial charge in [0.2, 0.25) is 11.8 Å². The fourth-order valence-electron chi connectivity index (χ4n) is 3.53. The minimum atomic E-state index is -4.44. The molecule has 1 fully saturated rings. The van der Waals surface area contributed by atoms with Crippen LogP contribution in [0.3, 0.4) is 0 Å². The van der Waals surface area contributed by atoms with E-state index in [2.05, 4.69) is 0 Å². The number of carbonyl (C=O) groups excluding carboxylic acids is 2. The topological polar surface area (TPSA) is 40.6 Å². The Hall–Kier alpha value is -2.05. The van der Waals surface area contributed by atoms with Crippen LogP contribution in [0, 0.1) is 5.92 Å². The first-order valence-electron chi connectivity index (χ1n) is 8.96. The molecule has 1 heterocycles. The number of carbonyl (C=O) groups is 2. The Kier molecular flexibility index (Phi) is 6.31. The number of benzene rings is 1. The van der Waals surface area contributed by atoms with E-state index >= 15 is 0 Å². The Morgan fingerprint density at radius 1 is 1.15 bits per heavy atom. The Labute approximate surface area is 152 Å². The van der Waals surface area contributed by atoms with E-state index in [-0.39, 0.29) is 24.9 Å². The standard InChI is InChI=1S/C19H25F3N2O2/c1-4-17(25)24-11-15(16(12-24)18(26)23(5-2)6-3)13-8-7-9-14(10-13)19(20,21)22/h7-10,15-16H,4-6,11-12H2,1-3H3/t15-,16-/m0/s1. The van der Waals surface area contributed by atoms with Gasteiger partial charge in [0.05, 0.1) is 11.5 Å². The van der Waals surface area contributed by atoms with Crippen molar-refractivity contribution in [2.24, 2.45) is 5.92 Å². The van der Waals surface area contributed by atoms with Crippen LogP contribution in [0.4, 0.5) is 13.2 Å². The first-order valence-corrected chi connectivity index (χ1v) is 8.96. The van der Waals surface area contributed by atoms with Crippen molar-refractivity contribution in [2.75, 3.05) is 26.2 Å². The Bertz CT molecular complexity index is 656. The highest BCUT2D eigenvalue weighted by atomic mass is 19.4. The number of nitrogens with zero attached hydrogens (tertiary/aromatic N) is 2. The van der Waals surface area contributed by atoms with E-state index in [1.165, 1.54) is 6.07 Å². The molecule has 0 N–H and O–H groups in total. The molecule has 0 aromatic heterocycles. The normalized spacial score (nSPS) is 20.3. The lowest BCUT2D eigenvalue weighted by Gasteiger charge is -2.26. The molecule has 0 saturated carbocycles. The van der Waals surface area contributed by atoms with Gasteiger partial charge in [-0.05, 0) is 25.5 Å². The fourth-order valence-corrected chi connectivity index (χ4v) is 3.53. The number of amides is 2. The van der Waals surface area contributed by atoms with Gasteiger partial charge in [0.25, 0.3) is 0 Å². The van der Waals surface area contributed by atoms with E-state index in [9.17, 15) is 22.8 Å². The van der Waals surface area contributed by atoms with Gasteiger partial charge in [-0.15, -0.1) is 0 Å². The zero-order chi connectivity index (χ0) is 19.5. The van der Waals surface area contributed by atoms with Gasteiger partial charge in [0.1, 0.15) is 0 Å². The van der Waals surface area contributed by atoms with Crippen LogP contribution in [0.1, 0.15) is 44.2 Å². The molecular formula is C19H25F3N2O2. The summed E-state index contributed by atoms with van der Waals surface area (Å²) in [4.78, 5) is 28.3. The third kappa shape index (κ3) is 4.19. The fraction of sp³-hybridized carbons (Fsp3) is 0.579. The highest BCUT2D eigenvalue weighted by Gasteiger charge is 2.42. The molecule has 0 aliphatic carbocycles. The summed E-state index contributed by atoms with van der Waals surface area (Å²) in [5.74, 6) is -1.14. The maximum absolute atomic E-state index is 13.1. The van der Waals surface area contributed by atoms with E-state index in [4.69, 9.17) is 0 Å². The monoisotopic (exact) mass is 370 g/mol. The number of hydrogen-bond donors (Lipinski definition) is 0. The second-order valence-electron chi connectivity index (χ2n) is 6.50. The SMILES string of the molecule is CCC(=O)N1C[C@H](C(=O)N(CC)CC)[C@H](c2cccc(C(F)(F)F)c2)C1. The summed E-state index contributed by atoms with van der Waals surface area (Å²) in [5, 5.41) is 0. The average Bonchev–Trinajstić information content (AvgIpc) is 3.06. The number of halogens is 3. The Balaban J connectivity index is 2.38. The molecule has 2 amide bonds. The molecule has 1 aliphatic heterocycles. The van der Waals surface area contributed by atoms with E-state index in [1.807, 2.05) is 13.8 Å². The molecule has 4 nitrogen and oxygen atoms in total. The number of likely N-dealkylation sites (tertiary alicyclic amines) is 1. The first-order chi connectivity index (χ1) is 12.2. The molecule has 144 valence electrons. The van der Waals surface area contributed by atoms with Crippen LogP contribution in [0.2, 0.25) is 0 Å². The van der Waals surface area contributed by atoms with E-state index < -0.39 is 23.6 Å². The Morgan fingerprint density at radius 3 is 2.35 bits per heavy atom. The van der Waals surface area contributed by atoms with Gasteiger partial charge >= 0.3 is 6.18 Å². The van der Waals surface area contributed by atoms with Crippen molar-refractivity contribution in [3.8, 4) is 0 Å². The van der Waals surface area contributed by atoms with Gasteiger partial charge in [0.15, 0.2) is 0 Å². The summed E-state index contributed by atoms with van der Waals surface area (Å²) in [6.07, 6.45) is -4.13. The van der Waals surface area contributed by atoms with Crippen molar-refractivity contribution < 1.29 is 22.8 Å². The van der Waals surface area contributed by atoms with Crippen LogP contribution in [0.5, 0.6) is 0 Å². The molecule has 1 aromatic carbocycles. The van der Waals surface area contributed by atoms with Gasteiger partial charge in [0, 0.05) is 38.5 Å². The highest BCUT2D eigenvalue weighted by molar-refractivity contribution is 5.83. The second kappa shape index (κ2) is 8.10. The quantitative estimate of drug-likeness (QED) is 0.796. The molecule has 1 aromatic rings. The maximum atomic E-state index is 13.1. The molecular weight excluding hydrogens is 345 g/mol. The van der Waals surface area contributed by atoms with Crippen molar-refractivity contribution in [3.05, 3.63) is 35.4 Å². The smallest absolute Gasteiger partial charge is 0.343 e. The lowest BCUT2D eigenvalue weighted by atomic mass is 9.87. The summed E-state index contributed by atoms with van der Waals surface area (Å²) in [5.41, 5.74) is -0.277. The van der Waals surface area contributed by atoms with Crippen molar-refractivity contribution in [3.63, 3.8) is 0 Å². The van der Waals surface area contributed by atoms with Crippen molar-refractivity contribution in [1.82, 2.24) is 9.80 Å². The second-order valence-corrected chi connectivity index (χ2v) is 6.50. The third-order valence-corrected chi connectivity index (χ3v) is 5.01. The van der Waals surface area contributed by atoms with E-state index in [0.29, 0.717) is 25.1 Å². The van der Waals surface area contributed by atoms with Crippen LogP contribution in [0.25, 0.3) is 0 Å². The van der Waals surface area contributed by atoms with Crippen LogP contribution in [-0.2, 0) is 15.8 Å². The number of alkyl halides is 3. The predicted octanol–water partition coefficient (Wildman–Crippen LogP) is 3.53. The van der Waals surface area contributed by atoms with Crippen molar-refractivity contribution in [1.29, 1.82) is 0 Å². The summed E-state index contributed by atoms with van der Waals surface area (Å²) < 4.78 is 39.2. The molecule has 7 heteroatoms. The molecule has 0 bridgehead atoms. The molecule has 1 aliphatic rings. The largest absolute Gasteiger partial charge is 0.416 e. The maximum Gasteiger partial charge on any atom is 0.416 e. The van der Waals surface area contributed by atoms with Crippen LogP contribution >= 0.6 is 0 Å². The van der Waals surface area contributed by atoms with Crippen LogP contribution < -0.4 is 0 Å². The van der Waals surface area contributed by atoms with Gasteiger partial charge in [-0.3, -0.25) is 9.59 Å². The van der Waals surface area contributed by atoms with Gasteiger partial charge in [-0.1, -0.05) is 25.1 Å². The van der Waals surface area contributed by atoms with Crippen molar-refractivity contribution >= 4 is 11.8 Å². The van der Waals surface area contributed by atoms with E-state index in [1.54, 1.807) is 22.8 Å². The molecule has 0 spiro atoms. The zero-order valence-electron chi connectivity index (χ0n) is 15.3. The minimum Gasteiger partial charge on any atom is -0.343 e. The van der Waals surface area contributed by atoms with Gasteiger partial charge in [-0.2, -0.15) is 13.2 Å².